The number of primary amides is 1. The first kappa shape index (κ1) is 20.9. The lowest BCUT2D eigenvalue weighted by Crippen LogP contribution is -2.17. The van der Waals surface area contributed by atoms with E-state index in [0.717, 1.165) is 41.5 Å². The molecule has 9 nitrogen and oxygen atoms in total. The number of benzene rings is 1. The molecule has 1 atom stereocenters. The van der Waals surface area contributed by atoms with Crippen LogP contribution in [0.5, 0.6) is 5.88 Å². The summed E-state index contributed by atoms with van der Waals surface area (Å²) in [6.45, 7) is 3.17. The standard InChI is InChI=1S/C24H24N6O3/c1-13-7-8-17-16(11-27-30-17)21(13)15-10-19(29-23(22(15)25)24(26)31)18-5-2-6-20(28-18)33-12-14-4-3-9-32-14/h2,5-8,10-11,14H,3-4,9,12,25H2,1H3,(H2,26,31)(H,27,30)/t14-/m1/s1. The topological polar surface area (TPSA) is 142 Å². The molecule has 0 saturated carbocycles. The van der Waals surface area contributed by atoms with Gasteiger partial charge in [-0.05, 0) is 49.1 Å². The Kier molecular flexibility index (Phi) is 5.39. The zero-order valence-corrected chi connectivity index (χ0v) is 18.2. The molecular formula is C24H24N6O3. The van der Waals surface area contributed by atoms with Gasteiger partial charge in [0.15, 0.2) is 5.69 Å². The number of rotatable bonds is 6. The Balaban J connectivity index is 1.60. The van der Waals surface area contributed by atoms with Gasteiger partial charge in [0.2, 0.25) is 5.88 Å². The van der Waals surface area contributed by atoms with E-state index in [0.29, 0.717) is 29.4 Å². The number of fused-ring (bicyclic) bond motifs is 1. The van der Waals surface area contributed by atoms with Crippen LogP contribution in [0.1, 0.15) is 28.9 Å². The van der Waals surface area contributed by atoms with E-state index in [-0.39, 0.29) is 17.5 Å². The third-order valence-corrected chi connectivity index (χ3v) is 5.82. The maximum Gasteiger partial charge on any atom is 0.269 e. The summed E-state index contributed by atoms with van der Waals surface area (Å²) >= 11 is 0. The second-order valence-electron chi connectivity index (χ2n) is 8.08. The molecule has 4 heterocycles. The lowest BCUT2D eigenvalue weighted by Gasteiger charge is -2.15. The van der Waals surface area contributed by atoms with Crippen LogP contribution >= 0.6 is 0 Å². The molecular weight excluding hydrogens is 420 g/mol. The number of nitrogens with one attached hydrogen (secondary N) is 1. The number of aryl methyl sites for hydroxylation is 1. The molecule has 1 aliphatic rings. The van der Waals surface area contributed by atoms with Crippen molar-refractivity contribution in [2.45, 2.75) is 25.9 Å². The van der Waals surface area contributed by atoms with Gasteiger partial charge in [0, 0.05) is 23.6 Å². The van der Waals surface area contributed by atoms with E-state index in [4.69, 9.17) is 20.9 Å². The average Bonchev–Trinajstić information content (AvgIpc) is 3.50. The number of ether oxygens (including phenoxy) is 2. The Hall–Kier alpha value is -3.98. The van der Waals surface area contributed by atoms with Crippen LogP contribution in [-0.2, 0) is 4.74 Å². The molecule has 1 aromatic carbocycles. The number of nitrogens with zero attached hydrogens (tertiary/aromatic N) is 3. The number of hydrogen-bond donors (Lipinski definition) is 3. The maximum absolute atomic E-state index is 12.2. The second-order valence-corrected chi connectivity index (χ2v) is 8.08. The highest BCUT2D eigenvalue weighted by Crippen LogP contribution is 2.37. The highest BCUT2D eigenvalue weighted by molar-refractivity contribution is 6.05. The SMILES string of the molecule is Cc1ccc2[nH]ncc2c1-c1cc(-c2cccc(OC[C@H]3CCCO3)n2)nc(C(N)=O)c1N. The first-order chi connectivity index (χ1) is 16.0. The Labute approximate surface area is 190 Å². The molecule has 9 heteroatoms. The number of carbonyl (C=O) groups excluding carboxylic acids is 1. The number of H-pyrrole nitrogens is 1. The fourth-order valence-electron chi connectivity index (χ4n) is 4.16. The number of hydrogen-bond acceptors (Lipinski definition) is 7. The van der Waals surface area contributed by atoms with Gasteiger partial charge in [0.25, 0.3) is 5.91 Å². The first-order valence-electron chi connectivity index (χ1n) is 10.8. The minimum atomic E-state index is -0.710. The van der Waals surface area contributed by atoms with Gasteiger partial charge in [-0.2, -0.15) is 5.10 Å². The van der Waals surface area contributed by atoms with Crippen molar-refractivity contribution in [3.05, 3.63) is 53.9 Å². The molecule has 168 valence electrons. The van der Waals surface area contributed by atoms with Crippen molar-refractivity contribution in [3.63, 3.8) is 0 Å². The number of pyridine rings is 2. The van der Waals surface area contributed by atoms with Crippen LogP contribution in [0.4, 0.5) is 5.69 Å². The van der Waals surface area contributed by atoms with Crippen LogP contribution in [0.15, 0.2) is 42.6 Å². The van der Waals surface area contributed by atoms with Gasteiger partial charge in [-0.3, -0.25) is 9.89 Å². The van der Waals surface area contributed by atoms with Gasteiger partial charge >= 0.3 is 0 Å². The number of carbonyl (C=O) groups is 1. The lowest BCUT2D eigenvalue weighted by atomic mass is 9.94. The normalized spacial score (nSPS) is 15.7. The van der Waals surface area contributed by atoms with Gasteiger partial charge < -0.3 is 20.9 Å². The smallest absolute Gasteiger partial charge is 0.269 e. The van der Waals surface area contributed by atoms with E-state index < -0.39 is 5.91 Å². The number of nitrogens with two attached hydrogens (primary N) is 2. The molecule has 0 aliphatic carbocycles. The number of amides is 1. The van der Waals surface area contributed by atoms with Crippen LogP contribution in [-0.4, -0.2) is 45.4 Å². The third-order valence-electron chi connectivity index (χ3n) is 5.82. The molecule has 0 radical (unpaired) electrons. The third kappa shape index (κ3) is 3.98. The van der Waals surface area contributed by atoms with Gasteiger partial charge in [-0.25, -0.2) is 9.97 Å². The molecule has 0 unspecified atom stereocenters. The molecule has 0 spiro atoms. The van der Waals surface area contributed by atoms with Crippen LogP contribution in [0.3, 0.4) is 0 Å². The summed E-state index contributed by atoms with van der Waals surface area (Å²) in [5.41, 5.74) is 16.6. The molecule has 1 amide bonds. The van der Waals surface area contributed by atoms with E-state index in [1.54, 1.807) is 18.3 Å². The van der Waals surface area contributed by atoms with Crippen molar-refractivity contribution >= 4 is 22.5 Å². The predicted molar refractivity (Wildman–Crippen MR) is 125 cm³/mol. The highest BCUT2D eigenvalue weighted by Gasteiger charge is 2.21. The van der Waals surface area contributed by atoms with E-state index in [9.17, 15) is 4.79 Å². The molecule has 1 fully saturated rings. The minimum absolute atomic E-state index is 0.00475. The van der Waals surface area contributed by atoms with Crippen LogP contribution in [0.2, 0.25) is 0 Å². The van der Waals surface area contributed by atoms with Gasteiger partial charge in [0.05, 0.1) is 34.9 Å². The van der Waals surface area contributed by atoms with E-state index in [1.165, 1.54) is 0 Å². The van der Waals surface area contributed by atoms with Crippen molar-refractivity contribution in [2.75, 3.05) is 18.9 Å². The summed E-state index contributed by atoms with van der Waals surface area (Å²) in [7, 11) is 0. The average molecular weight is 444 g/mol. The molecule has 4 aromatic rings. The van der Waals surface area contributed by atoms with E-state index in [2.05, 4.69) is 20.2 Å². The lowest BCUT2D eigenvalue weighted by molar-refractivity contribution is 0.0664. The zero-order valence-electron chi connectivity index (χ0n) is 18.2. The Morgan fingerprint density at radius 1 is 1.24 bits per heavy atom. The molecule has 3 aromatic heterocycles. The predicted octanol–water partition coefficient (Wildman–Crippen LogP) is 3.23. The zero-order chi connectivity index (χ0) is 22.9. The minimum Gasteiger partial charge on any atom is -0.475 e. The first-order valence-corrected chi connectivity index (χ1v) is 10.8. The Bertz CT molecular complexity index is 1340. The van der Waals surface area contributed by atoms with Crippen LogP contribution < -0.4 is 16.2 Å². The van der Waals surface area contributed by atoms with Crippen molar-refractivity contribution in [1.82, 2.24) is 20.2 Å². The molecule has 1 saturated heterocycles. The number of nitrogen functional groups attached to an aromatic ring is 1. The van der Waals surface area contributed by atoms with Crippen molar-refractivity contribution in [2.24, 2.45) is 5.73 Å². The highest BCUT2D eigenvalue weighted by atomic mass is 16.5. The molecule has 1 aliphatic heterocycles. The summed E-state index contributed by atoms with van der Waals surface area (Å²) in [6.07, 6.45) is 3.83. The summed E-state index contributed by atoms with van der Waals surface area (Å²) in [5.74, 6) is -0.254. The van der Waals surface area contributed by atoms with Gasteiger partial charge in [0.1, 0.15) is 6.61 Å². The fourth-order valence-corrected chi connectivity index (χ4v) is 4.16. The molecule has 0 bridgehead atoms. The van der Waals surface area contributed by atoms with Gasteiger partial charge in [-0.1, -0.05) is 12.1 Å². The van der Waals surface area contributed by atoms with Crippen LogP contribution in [0.25, 0.3) is 33.4 Å². The summed E-state index contributed by atoms with van der Waals surface area (Å²) in [5, 5.41) is 8.00. The fraction of sp³-hybridized carbons (Fsp3) is 0.250. The van der Waals surface area contributed by atoms with Crippen molar-refractivity contribution < 1.29 is 14.3 Å². The number of aromatic amines is 1. The maximum atomic E-state index is 12.2. The molecule has 33 heavy (non-hydrogen) atoms. The number of anilines is 1. The Morgan fingerprint density at radius 3 is 2.91 bits per heavy atom. The number of aromatic nitrogens is 4. The largest absolute Gasteiger partial charge is 0.475 e. The summed E-state index contributed by atoms with van der Waals surface area (Å²) in [6, 6.07) is 11.2. The quantitative estimate of drug-likeness (QED) is 0.414. The summed E-state index contributed by atoms with van der Waals surface area (Å²) < 4.78 is 11.5. The van der Waals surface area contributed by atoms with Gasteiger partial charge in [-0.15, -0.1) is 0 Å². The molecule has 5 N–H and O–H groups in total. The Morgan fingerprint density at radius 2 is 2.12 bits per heavy atom. The van der Waals surface area contributed by atoms with Crippen molar-refractivity contribution in [3.8, 4) is 28.4 Å². The second kappa shape index (κ2) is 8.51. The van der Waals surface area contributed by atoms with Crippen LogP contribution in [0, 0.1) is 6.92 Å². The summed E-state index contributed by atoms with van der Waals surface area (Å²) in [4.78, 5) is 21.2. The van der Waals surface area contributed by atoms with E-state index >= 15 is 0 Å². The molecule has 5 rings (SSSR count). The van der Waals surface area contributed by atoms with Crippen molar-refractivity contribution in [1.29, 1.82) is 0 Å². The van der Waals surface area contributed by atoms with E-state index in [1.807, 2.05) is 31.2 Å². The monoisotopic (exact) mass is 444 g/mol.